The number of nitrogens with zero attached hydrogens (tertiary/aromatic N) is 1. The predicted molar refractivity (Wildman–Crippen MR) is 77.3 cm³/mol. The van der Waals surface area contributed by atoms with Gasteiger partial charge in [0.2, 0.25) is 0 Å². The maximum absolute atomic E-state index is 12.0. The quantitative estimate of drug-likeness (QED) is 0.625. The van der Waals surface area contributed by atoms with Crippen LogP contribution in [0.2, 0.25) is 0 Å². The fourth-order valence-corrected chi connectivity index (χ4v) is 2.22. The van der Waals surface area contributed by atoms with Crippen molar-refractivity contribution in [3.05, 3.63) is 29.8 Å². The molecule has 1 heterocycles. The third-order valence-electron chi connectivity index (χ3n) is 3.38. The van der Waals surface area contributed by atoms with Crippen LogP contribution in [0.25, 0.3) is 0 Å². The summed E-state index contributed by atoms with van der Waals surface area (Å²) in [6.45, 7) is 2.02. The average molecular weight is 350 g/mol. The van der Waals surface area contributed by atoms with Gasteiger partial charge in [-0.15, -0.1) is 0 Å². The number of carbonyl (C=O) groups excluding carboxylic acids is 1. The lowest BCUT2D eigenvalue weighted by atomic mass is 10.2. The second kappa shape index (κ2) is 10.4. The second-order valence-corrected chi connectivity index (χ2v) is 4.97. The van der Waals surface area contributed by atoms with Crippen molar-refractivity contribution in [2.75, 3.05) is 39.4 Å². The molecule has 1 aromatic rings. The van der Waals surface area contributed by atoms with E-state index < -0.39 is 6.61 Å². The van der Waals surface area contributed by atoms with Crippen molar-refractivity contribution in [2.24, 2.45) is 0 Å². The first-order chi connectivity index (χ1) is 10.6. The molecule has 2 rings (SSSR count). The third kappa shape index (κ3) is 7.11. The molecule has 0 unspecified atom stereocenters. The van der Waals surface area contributed by atoms with Crippen LogP contribution in [-0.2, 0) is 4.74 Å². The number of halogens is 3. The molecular weight excluding hydrogens is 330 g/mol. The highest BCUT2D eigenvalue weighted by atomic mass is 35.5. The lowest BCUT2D eigenvalue weighted by Crippen LogP contribution is -3.00. The van der Waals surface area contributed by atoms with E-state index in [4.69, 9.17) is 4.74 Å². The normalized spacial score (nSPS) is 15.1. The van der Waals surface area contributed by atoms with Crippen LogP contribution < -0.4 is 22.5 Å². The highest BCUT2D eigenvalue weighted by Gasteiger charge is 2.10. The summed E-state index contributed by atoms with van der Waals surface area (Å²) >= 11 is 0. The molecule has 1 amide bonds. The first-order valence-electron chi connectivity index (χ1n) is 7.28. The zero-order valence-electron chi connectivity index (χ0n) is 12.6. The molecule has 0 spiro atoms. The van der Waals surface area contributed by atoms with Crippen LogP contribution in [0.1, 0.15) is 16.8 Å². The minimum atomic E-state index is -2.86. The Morgan fingerprint density at radius 1 is 1.26 bits per heavy atom. The van der Waals surface area contributed by atoms with Crippen molar-refractivity contribution >= 4 is 5.91 Å². The van der Waals surface area contributed by atoms with Crippen molar-refractivity contribution in [2.45, 2.75) is 13.0 Å². The number of ether oxygens (including phenoxy) is 2. The highest BCUT2D eigenvalue weighted by Crippen LogP contribution is 2.14. The van der Waals surface area contributed by atoms with E-state index in [1.165, 1.54) is 24.3 Å². The summed E-state index contributed by atoms with van der Waals surface area (Å²) in [5, 5.41) is 2.81. The predicted octanol–water partition coefficient (Wildman–Crippen LogP) is -1.26. The van der Waals surface area contributed by atoms with Crippen molar-refractivity contribution in [1.82, 2.24) is 10.2 Å². The number of alkyl halides is 2. The monoisotopic (exact) mass is 349 g/mol. The van der Waals surface area contributed by atoms with E-state index in [0.717, 1.165) is 39.3 Å². The van der Waals surface area contributed by atoms with Gasteiger partial charge in [-0.05, 0) is 37.2 Å². The van der Waals surface area contributed by atoms with E-state index in [0.29, 0.717) is 12.1 Å². The van der Waals surface area contributed by atoms with Gasteiger partial charge in [-0.25, -0.2) is 0 Å². The SMILES string of the molecule is O=C(NCCCN1CCOCC1)c1ccc(OC(F)F)cc1.[Cl-]. The summed E-state index contributed by atoms with van der Waals surface area (Å²) < 4.78 is 33.6. The fourth-order valence-electron chi connectivity index (χ4n) is 2.22. The number of hydrogen-bond donors (Lipinski definition) is 1. The zero-order valence-corrected chi connectivity index (χ0v) is 13.4. The Labute approximate surface area is 140 Å². The Kier molecular flexibility index (Phi) is 8.83. The van der Waals surface area contributed by atoms with Crippen molar-refractivity contribution in [1.29, 1.82) is 0 Å². The van der Waals surface area contributed by atoms with Gasteiger partial charge in [0.05, 0.1) is 13.2 Å². The van der Waals surface area contributed by atoms with Crippen LogP contribution in [0.15, 0.2) is 24.3 Å². The molecule has 0 radical (unpaired) electrons. The third-order valence-corrected chi connectivity index (χ3v) is 3.38. The van der Waals surface area contributed by atoms with Crippen molar-refractivity contribution in [3.63, 3.8) is 0 Å². The Bertz CT molecular complexity index is 468. The van der Waals surface area contributed by atoms with E-state index in [1.807, 2.05) is 0 Å². The van der Waals surface area contributed by atoms with Gasteiger partial charge in [0.1, 0.15) is 5.75 Å². The van der Waals surface area contributed by atoms with Crippen LogP contribution in [-0.4, -0.2) is 56.8 Å². The average Bonchev–Trinajstić information content (AvgIpc) is 2.52. The first kappa shape index (κ1) is 19.6. The maximum atomic E-state index is 12.0. The number of rotatable bonds is 7. The zero-order chi connectivity index (χ0) is 15.8. The van der Waals surface area contributed by atoms with Gasteiger partial charge in [0, 0.05) is 25.2 Å². The number of carbonyl (C=O) groups is 1. The van der Waals surface area contributed by atoms with Gasteiger partial charge in [0.15, 0.2) is 0 Å². The Morgan fingerprint density at radius 2 is 1.91 bits per heavy atom. The molecule has 1 N–H and O–H groups in total. The minimum absolute atomic E-state index is 0. The number of nitrogens with one attached hydrogen (secondary N) is 1. The highest BCUT2D eigenvalue weighted by molar-refractivity contribution is 5.94. The second-order valence-electron chi connectivity index (χ2n) is 4.97. The van der Waals surface area contributed by atoms with Crippen LogP contribution in [0.5, 0.6) is 5.75 Å². The summed E-state index contributed by atoms with van der Waals surface area (Å²) in [6, 6.07) is 5.65. The molecule has 130 valence electrons. The Morgan fingerprint density at radius 3 is 2.52 bits per heavy atom. The largest absolute Gasteiger partial charge is 1.00 e. The molecule has 0 aliphatic carbocycles. The molecule has 5 nitrogen and oxygen atoms in total. The first-order valence-corrected chi connectivity index (χ1v) is 7.28. The van der Waals surface area contributed by atoms with E-state index in [9.17, 15) is 13.6 Å². The van der Waals surface area contributed by atoms with Crippen molar-refractivity contribution in [3.8, 4) is 5.75 Å². The van der Waals surface area contributed by atoms with Crippen LogP contribution >= 0.6 is 0 Å². The van der Waals surface area contributed by atoms with Gasteiger partial charge < -0.3 is 27.2 Å². The molecule has 0 saturated carbocycles. The van der Waals surface area contributed by atoms with Gasteiger partial charge in [-0.1, -0.05) is 0 Å². The summed E-state index contributed by atoms with van der Waals surface area (Å²) in [5.41, 5.74) is 0.424. The fraction of sp³-hybridized carbons (Fsp3) is 0.533. The molecule has 0 bridgehead atoms. The molecule has 1 fully saturated rings. The Balaban J connectivity index is 0.00000264. The lowest BCUT2D eigenvalue weighted by Gasteiger charge is -2.26. The molecule has 23 heavy (non-hydrogen) atoms. The van der Waals surface area contributed by atoms with E-state index in [-0.39, 0.29) is 24.1 Å². The van der Waals surface area contributed by atoms with Crippen LogP contribution in [0.4, 0.5) is 8.78 Å². The molecule has 0 atom stereocenters. The number of morpholine rings is 1. The molecule has 1 saturated heterocycles. The lowest BCUT2D eigenvalue weighted by molar-refractivity contribution is -0.0498. The van der Waals surface area contributed by atoms with E-state index in [1.54, 1.807) is 0 Å². The summed E-state index contributed by atoms with van der Waals surface area (Å²) in [5.74, 6) is -0.176. The number of hydrogen-bond acceptors (Lipinski definition) is 4. The summed E-state index contributed by atoms with van der Waals surface area (Å²) in [4.78, 5) is 14.2. The molecule has 1 aromatic carbocycles. The van der Waals surface area contributed by atoms with Gasteiger partial charge in [0.25, 0.3) is 5.91 Å². The van der Waals surface area contributed by atoms with Crippen molar-refractivity contribution < 1.29 is 35.5 Å². The number of amides is 1. The van der Waals surface area contributed by atoms with E-state index in [2.05, 4.69) is 15.0 Å². The molecule has 1 aliphatic rings. The standard InChI is InChI=1S/C15H20F2N2O3.ClH/c16-15(17)22-13-4-2-12(3-5-13)14(20)18-6-1-7-19-8-10-21-11-9-19;/h2-5,15H,1,6-11H2,(H,18,20);1H/p-1. The summed E-state index contributed by atoms with van der Waals surface area (Å²) in [6.07, 6.45) is 0.859. The Hall–Kier alpha value is -1.44. The molecule has 1 aliphatic heterocycles. The van der Waals surface area contributed by atoms with Crippen LogP contribution in [0, 0.1) is 0 Å². The topological polar surface area (TPSA) is 50.8 Å². The molecule has 8 heteroatoms. The smallest absolute Gasteiger partial charge is 0.387 e. The van der Waals surface area contributed by atoms with Crippen LogP contribution in [0.3, 0.4) is 0 Å². The molecule has 0 aromatic heterocycles. The van der Waals surface area contributed by atoms with Gasteiger partial charge in [-0.3, -0.25) is 9.69 Å². The maximum Gasteiger partial charge on any atom is 0.387 e. The van der Waals surface area contributed by atoms with Gasteiger partial charge >= 0.3 is 6.61 Å². The summed E-state index contributed by atoms with van der Waals surface area (Å²) in [7, 11) is 0. The number of benzene rings is 1. The minimum Gasteiger partial charge on any atom is -1.00 e. The van der Waals surface area contributed by atoms with E-state index >= 15 is 0 Å². The van der Waals surface area contributed by atoms with Gasteiger partial charge in [-0.2, -0.15) is 8.78 Å². The molecular formula is C15H20ClF2N2O3-.